The molecule has 0 aliphatic heterocycles. The standard InChI is InChI=1S/C17H25N3S/c1-4-18-12-17-11-16(14(2)21-17)13-20(3)10-7-15-5-8-19-9-6-15/h5-6,8-9,11,18H,4,7,10,12-13H2,1-3H3. The van der Waals surface area contributed by atoms with Crippen molar-refractivity contribution in [1.29, 1.82) is 0 Å². The van der Waals surface area contributed by atoms with E-state index < -0.39 is 0 Å². The van der Waals surface area contributed by atoms with Crippen molar-refractivity contribution < 1.29 is 0 Å². The third kappa shape index (κ3) is 5.23. The molecule has 0 aromatic carbocycles. The van der Waals surface area contributed by atoms with E-state index in [1.165, 1.54) is 20.9 Å². The van der Waals surface area contributed by atoms with Gasteiger partial charge in [0.05, 0.1) is 0 Å². The summed E-state index contributed by atoms with van der Waals surface area (Å²) in [6.45, 7) is 8.49. The van der Waals surface area contributed by atoms with E-state index in [0.717, 1.165) is 32.6 Å². The average molecular weight is 303 g/mol. The second-order valence-electron chi connectivity index (χ2n) is 5.42. The Bertz CT molecular complexity index is 536. The van der Waals surface area contributed by atoms with Crippen LogP contribution >= 0.6 is 11.3 Å². The molecule has 0 saturated carbocycles. The first kappa shape index (κ1) is 16.1. The van der Waals surface area contributed by atoms with E-state index >= 15 is 0 Å². The predicted molar refractivity (Wildman–Crippen MR) is 90.7 cm³/mol. The zero-order valence-corrected chi connectivity index (χ0v) is 14.0. The molecule has 114 valence electrons. The Morgan fingerprint density at radius 1 is 1.29 bits per heavy atom. The highest BCUT2D eigenvalue weighted by molar-refractivity contribution is 7.12. The number of aromatic nitrogens is 1. The zero-order chi connectivity index (χ0) is 15.1. The quantitative estimate of drug-likeness (QED) is 0.811. The first-order valence-electron chi connectivity index (χ1n) is 7.55. The highest BCUT2D eigenvalue weighted by Gasteiger charge is 2.08. The van der Waals surface area contributed by atoms with Crippen molar-refractivity contribution in [3.05, 3.63) is 51.5 Å². The maximum Gasteiger partial charge on any atom is 0.0299 e. The van der Waals surface area contributed by atoms with Crippen molar-refractivity contribution in [3.8, 4) is 0 Å². The van der Waals surface area contributed by atoms with Crippen LogP contribution in [0.25, 0.3) is 0 Å². The fourth-order valence-corrected chi connectivity index (χ4v) is 3.34. The Morgan fingerprint density at radius 3 is 2.76 bits per heavy atom. The van der Waals surface area contributed by atoms with Crippen LogP contribution in [-0.4, -0.2) is 30.0 Å². The molecule has 2 aromatic rings. The number of likely N-dealkylation sites (N-methyl/N-ethyl adjacent to an activating group) is 1. The number of nitrogens with one attached hydrogen (secondary N) is 1. The number of thiophene rings is 1. The number of rotatable bonds is 8. The molecule has 0 aliphatic carbocycles. The van der Waals surface area contributed by atoms with Crippen molar-refractivity contribution in [1.82, 2.24) is 15.2 Å². The van der Waals surface area contributed by atoms with Gasteiger partial charge in [0.2, 0.25) is 0 Å². The second-order valence-corrected chi connectivity index (χ2v) is 6.76. The Balaban J connectivity index is 1.84. The molecule has 1 N–H and O–H groups in total. The van der Waals surface area contributed by atoms with Crippen molar-refractivity contribution in [3.63, 3.8) is 0 Å². The molecule has 0 amide bonds. The average Bonchev–Trinajstić information content (AvgIpc) is 2.84. The van der Waals surface area contributed by atoms with Crippen LogP contribution < -0.4 is 5.32 Å². The summed E-state index contributed by atoms with van der Waals surface area (Å²) in [5.41, 5.74) is 2.82. The summed E-state index contributed by atoms with van der Waals surface area (Å²) in [6, 6.07) is 6.54. The van der Waals surface area contributed by atoms with Crippen LogP contribution in [0.15, 0.2) is 30.6 Å². The van der Waals surface area contributed by atoms with E-state index in [4.69, 9.17) is 0 Å². The Hall–Kier alpha value is -1.23. The summed E-state index contributed by atoms with van der Waals surface area (Å²) in [5.74, 6) is 0. The summed E-state index contributed by atoms with van der Waals surface area (Å²) in [7, 11) is 2.20. The first-order valence-corrected chi connectivity index (χ1v) is 8.37. The van der Waals surface area contributed by atoms with Gasteiger partial charge in [-0.25, -0.2) is 0 Å². The number of hydrogen-bond donors (Lipinski definition) is 1. The zero-order valence-electron chi connectivity index (χ0n) is 13.2. The van der Waals surface area contributed by atoms with E-state index in [9.17, 15) is 0 Å². The normalized spacial score (nSPS) is 11.2. The third-order valence-electron chi connectivity index (χ3n) is 3.59. The van der Waals surface area contributed by atoms with E-state index in [0.29, 0.717) is 0 Å². The van der Waals surface area contributed by atoms with E-state index in [1.54, 1.807) is 0 Å². The topological polar surface area (TPSA) is 28.2 Å². The number of hydrogen-bond acceptors (Lipinski definition) is 4. The van der Waals surface area contributed by atoms with E-state index in [-0.39, 0.29) is 0 Å². The fourth-order valence-electron chi connectivity index (χ4n) is 2.32. The monoisotopic (exact) mass is 303 g/mol. The molecule has 0 unspecified atom stereocenters. The minimum Gasteiger partial charge on any atom is -0.312 e. The highest BCUT2D eigenvalue weighted by atomic mass is 32.1. The summed E-state index contributed by atoms with van der Waals surface area (Å²) < 4.78 is 0. The number of pyridine rings is 1. The maximum absolute atomic E-state index is 4.06. The molecule has 0 spiro atoms. The lowest BCUT2D eigenvalue weighted by Gasteiger charge is -2.16. The van der Waals surface area contributed by atoms with Crippen molar-refractivity contribution >= 4 is 11.3 Å². The molecule has 0 radical (unpaired) electrons. The van der Waals surface area contributed by atoms with E-state index in [2.05, 4.69) is 54.3 Å². The van der Waals surface area contributed by atoms with Gasteiger partial charge in [0, 0.05) is 41.8 Å². The van der Waals surface area contributed by atoms with Crippen LogP contribution in [0.3, 0.4) is 0 Å². The minimum atomic E-state index is 0.989. The van der Waals surface area contributed by atoms with Gasteiger partial charge in [-0.2, -0.15) is 0 Å². The van der Waals surface area contributed by atoms with Crippen molar-refractivity contribution in [2.24, 2.45) is 0 Å². The lowest BCUT2D eigenvalue weighted by Crippen LogP contribution is -2.20. The molecule has 21 heavy (non-hydrogen) atoms. The first-order chi connectivity index (χ1) is 10.2. The summed E-state index contributed by atoms with van der Waals surface area (Å²) >= 11 is 1.91. The number of aryl methyl sites for hydroxylation is 1. The molecular weight excluding hydrogens is 278 g/mol. The number of nitrogens with zero attached hydrogens (tertiary/aromatic N) is 2. The van der Waals surface area contributed by atoms with Crippen LogP contribution in [0.5, 0.6) is 0 Å². The van der Waals surface area contributed by atoms with Crippen LogP contribution in [0.4, 0.5) is 0 Å². The van der Waals surface area contributed by atoms with Crippen LogP contribution in [0.1, 0.15) is 27.8 Å². The van der Waals surface area contributed by atoms with Gasteiger partial charge in [-0.3, -0.25) is 4.98 Å². The van der Waals surface area contributed by atoms with Gasteiger partial charge in [-0.05, 0) is 56.3 Å². The van der Waals surface area contributed by atoms with Crippen LogP contribution in [-0.2, 0) is 19.5 Å². The Labute approximate surface area is 132 Å². The highest BCUT2D eigenvalue weighted by Crippen LogP contribution is 2.22. The molecule has 0 fully saturated rings. The predicted octanol–water partition coefficient (Wildman–Crippen LogP) is 3.24. The van der Waals surface area contributed by atoms with Gasteiger partial charge in [0.1, 0.15) is 0 Å². The lowest BCUT2D eigenvalue weighted by atomic mass is 10.2. The third-order valence-corrected chi connectivity index (χ3v) is 4.69. The molecule has 0 aliphatic rings. The molecule has 2 heterocycles. The van der Waals surface area contributed by atoms with E-state index in [1.807, 2.05) is 23.7 Å². The fraction of sp³-hybridized carbons (Fsp3) is 0.471. The second kappa shape index (κ2) is 8.27. The lowest BCUT2D eigenvalue weighted by molar-refractivity contribution is 0.331. The molecule has 2 rings (SSSR count). The summed E-state index contributed by atoms with van der Waals surface area (Å²) in [6.07, 6.45) is 4.81. The Kier molecular flexibility index (Phi) is 6.36. The van der Waals surface area contributed by atoms with Gasteiger partial charge < -0.3 is 10.2 Å². The van der Waals surface area contributed by atoms with Crippen molar-refractivity contribution in [2.75, 3.05) is 20.1 Å². The SMILES string of the molecule is CCNCc1cc(CN(C)CCc2ccncc2)c(C)s1. The van der Waals surface area contributed by atoms with Crippen molar-refractivity contribution in [2.45, 2.75) is 33.4 Å². The largest absolute Gasteiger partial charge is 0.312 e. The molecule has 0 saturated heterocycles. The molecule has 0 bridgehead atoms. The summed E-state index contributed by atoms with van der Waals surface area (Å²) in [5, 5.41) is 3.40. The van der Waals surface area contributed by atoms with Gasteiger partial charge in [-0.1, -0.05) is 6.92 Å². The van der Waals surface area contributed by atoms with Crippen LogP contribution in [0.2, 0.25) is 0 Å². The van der Waals surface area contributed by atoms with Gasteiger partial charge in [0.25, 0.3) is 0 Å². The molecule has 3 nitrogen and oxygen atoms in total. The smallest absolute Gasteiger partial charge is 0.0299 e. The summed E-state index contributed by atoms with van der Waals surface area (Å²) in [4.78, 5) is 9.34. The Morgan fingerprint density at radius 2 is 2.05 bits per heavy atom. The van der Waals surface area contributed by atoms with Gasteiger partial charge >= 0.3 is 0 Å². The minimum absolute atomic E-state index is 0.989. The van der Waals surface area contributed by atoms with Gasteiger partial charge in [0.15, 0.2) is 0 Å². The van der Waals surface area contributed by atoms with Crippen LogP contribution in [0, 0.1) is 6.92 Å². The molecular formula is C17H25N3S. The molecule has 2 aromatic heterocycles. The maximum atomic E-state index is 4.06. The molecule has 4 heteroatoms. The van der Waals surface area contributed by atoms with Gasteiger partial charge in [-0.15, -0.1) is 11.3 Å². The molecule has 0 atom stereocenters.